The zero-order valence-corrected chi connectivity index (χ0v) is 12.8. The molecule has 1 heteroatoms. The molecule has 0 aromatic heterocycles. The largest absolute Gasteiger partial charge is 3.00 e. The Bertz CT molecular complexity index is 91.7. The molecule has 0 nitrogen and oxygen atoms in total. The molecule has 0 saturated heterocycles. The number of hydrogen-bond acceptors (Lipinski definition) is 0. The van der Waals surface area contributed by atoms with Crippen LogP contribution >= 0.6 is 0 Å². The van der Waals surface area contributed by atoms with Crippen LogP contribution in [0.15, 0.2) is 0 Å². The van der Waals surface area contributed by atoms with Crippen molar-refractivity contribution >= 4 is 26.2 Å². The van der Waals surface area contributed by atoms with Crippen LogP contribution in [0.3, 0.4) is 0 Å². The molecule has 1 unspecified atom stereocenters. The Labute approximate surface area is 97.6 Å². The summed E-state index contributed by atoms with van der Waals surface area (Å²) in [5, 5.41) is 0. The zero-order chi connectivity index (χ0) is 8.91. The van der Waals surface area contributed by atoms with Gasteiger partial charge in [0, 0.05) is 0 Å². The summed E-state index contributed by atoms with van der Waals surface area (Å²) < 4.78 is 0. The molecule has 0 heterocycles. The van der Waals surface area contributed by atoms with Crippen molar-refractivity contribution in [3.63, 3.8) is 0 Å². The van der Waals surface area contributed by atoms with Crippen molar-refractivity contribution in [3.05, 3.63) is 0 Å². The molecule has 0 aliphatic rings. The van der Waals surface area contributed by atoms with Crippen molar-refractivity contribution in [3.8, 4) is 0 Å². The third-order valence-electron chi connectivity index (χ3n) is 2.72. The van der Waals surface area contributed by atoms with Crippen LogP contribution in [0.25, 0.3) is 0 Å². The van der Waals surface area contributed by atoms with E-state index in [0.717, 1.165) is 5.92 Å². The van der Waals surface area contributed by atoms with Crippen LogP contribution in [-0.2, 0) is 0 Å². The molecule has 70 valence electrons. The molecule has 1 atom stereocenters. The van der Waals surface area contributed by atoms with E-state index in [9.17, 15) is 0 Å². The minimum Gasteiger partial charge on any atom is -0.0654 e. The van der Waals surface area contributed by atoms with Gasteiger partial charge < -0.3 is 0 Å². The van der Waals surface area contributed by atoms with Crippen molar-refractivity contribution < 1.29 is 0 Å². The molecule has 2 radical (unpaired) electrons. The van der Waals surface area contributed by atoms with E-state index >= 15 is 0 Å². The molecule has 0 aliphatic carbocycles. The topological polar surface area (TPSA) is 0 Å². The summed E-state index contributed by atoms with van der Waals surface area (Å²) in [7, 11) is 0. The Balaban J connectivity index is 0. The van der Waals surface area contributed by atoms with Gasteiger partial charge in [-0.1, -0.05) is 60.3 Å². The Hall–Kier alpha value is 0.883. The van der Waals surface area contributed by atoms with Crippen molar-refractivity contribution in [2.45, 2.75) is 60.3 Å². The normalized spacial score (nSPS) is 13.8. The molecule has 0 amide bonds. The summed E-state index contributed by atoms with van der Waals surface area (Å²) in [5.74, 6) is 0.869. The summed E-state index contributed by atoms with van der Waals surface area (Å²) in [6.45, 7) is 11.6. The van der Waals surface area contributed by atoms with Crippen LogP contribution in [-0.4, -0.2) is 26.2 Å². The molecule has 0 rings (SSSR count). The van der Waals surface area contributed by atoms with E-state index in [-0.39, 0.29) is 26.2 Å². The van der Waals surface area contributed by atoms with Gasteiger partial charge in [0.25, 0.3) is 0 Å². The molecule has 0 bridgehead atoms. The predicted molar refractivity (Wildman–Crippen MR) is 58.5 cm³/mol. The van der Waals surface area contributed by atoms with Gasteiger partial charge in [0.15, 0.2) is 0 Å². The Kier molecular flexibility index (Phi) is 9.35. The summed E-state index contributed by atoms with van der Waals surface area (Å²) >= 11 is 0. The summed E-state index contributed by atoms with van der Waals surface area (Å²) in [4.78, 5) is 0. The van der Waals surface area contributed by atoms with Crippen LogP contribution in [0.5, 0.6) is 0 Å². The predicted octanol–water partition coefficient (Wildman–Crippen LogP) is 3.87. The van der Waals surface area contributed by atoms with Crippen LogP contribution in [0, 0.1) is 11.3 Å². The Morgan fingerprint density at radius 1 is 1.08 bits per heavy atom. The molecular formula is C11H24Bi+3. The minimum absolute atomic E-state index is 0. The van der Waals surface area contributed by atoms with E-state index in [1.165, 1.54) is 25.7 Å². The molecule has 0 saturated carbocycles. The summed E-state index contributed by atoms with van der Waals surface area (Å²) in [5.41, 5.74) is 0.508. The molecule has 0 aromatic carbocycles. The monoisotopic (exact) mass is 365 g/mol. The first-order chi connectivity index (χ1) is 4.98. The van der Waals surface area contributed by atoms with Gasteiger partial charge in [-0.05, 0) is 11.3 Å². The van der Waals surface area contributed by atoms with Gasteiger partial charge in [0.05, 0.1) is 0 Å². The zero-order valence-electron chi connectivity index (χ0n) is 9.35. The van der Waals surface area contributed by atoms with Crippen LogP contribution in [0.4, 0.5) is 0 Å². The third kappa shape index (κ3) is 7.53. The quantitative estimate of drug-likeness (QED) is 0.524. The first-order valence-electron chi connectivity index (χ1n) is 4.98. The van der Waals surface area contributed by atoms with Gasteiger partial charge >= 0.3 is 26.2 Å². The third-order valence-corrected chi connectivity index (χ3v) is 2.72. The van der Waals surface area contributed by atoms with Crippen molar-refractivity contribution in [1.82, 2.24) is 0 Å². The van der Waals surface area contributed by atoms with E-state index in [2.05, 4.69) is 34.6 Å². The molecule has 0 aromatic rings. The molecule has 0 aliphatic heterocycles. The van der Waals surface area contributed by atoms with E-state index in [1.54, 1.807) is 0 Å². The molecule has 12 heavy (non-hydrogen) atoms. The average Bonchev–Trinajstić information content (AvgIpc) is 1.86. The van der Waals surface area contributed by atoms with Crippen molar-refractivity contribution in [2.24, 2.45) is 11.3 Å². The van der Waals surface area contributed by atoms with Crippen LogP contribution in [0.2, 0.25) is 0 Å². The second-order valence-electron chi connectivity index (χ2n) is 4.76. The van der Waals surface area contributed by atoms with Gasteiger partial charge in [-0.25, -0.2) is 0 Å². The maximum Gasteiger partial charge on any atom is 3.00 e. The van der Waals surface area contributed by atoms with E-state index in [1.807, 2.05) is 0 Å². The standard InChI is InChI=1S/C11H24.Bi/c1-6-7-8-9-10(2)11(3,4)5;/h10H,6-9H2,1-5H3;/q;+3. The summed E-state index contributed by atoms with van der Waals surface area (Å²) in [6.07, 6.45) is 5.56. The first-order valence-corrected chi connectivity index (χ1v) is 4.98. The molecular weight excluding hydrogens is 341 g/mol. The fraction of sp³-hybridized carbons (Fsp3) is 1.00. The van der Waals surface area contributed by atoms with E-state index < -0.39 is 0 Å². The fourth-order valence-corrected chi connectivity index (χ4v) is 1.13. The molecule has 0 fully saturated rings. The van der Waals surface area contributed by atoms with Crippen molar-refractivity contribution in [1.29, 1.82) is 0 Å². The van der Waals surface area contributed by atoms with E-state index in [0.29, 0.717) is 5.41 Å². The van der Waals surface area contributed by atoms with Crippen LogP contribution < -0.4 is 0 Å². The number of unbranched alkanes of at least 4 members (excludes halogenated alkanes) is 2. The number of rotatable bonds is 4. The smallest absolute Gasteiger partial charge is 0.0654 e. The maximum absolute atomic E-state index is 2.37. The molecule has 0 spiro atoms. The summed E-state index contributed by atoms with van der Waals surface area (Å²) in [6, 6.07) is 0. The van der Waals surface area contributed by atoms with Crippen molar-refractivity contribution in [2.75, 3.05) is 0 Å². The number of hydrogen-bond donors (Lipinski definition) is 0. The van der Waals surface area contributed by atoms with Crippen LogP contribution in [0.1, 0.15) is 60.3 Å². The Morgan fingerprint density at radius 3 is 1.92 bits per heavy atom. The Morgan fingerprint density at radius 2 is 1.58 bits per heavy atom. The first kappa shape index (κ1) is 15.4. The van der Waals surface area contributed by atoms with Gasteiger partial charge in [0.2, 0.25) is 0 Å². The maximum atomic E-state index is 2.37. The second kappa shape index (κ2) is 7.30. The minimum atomic E-state index is 0. The van der Waals surface area contributed by atoms with Gasteiger partial charge in [-0.2, -0.15) is 0 Å². The van der Waals surface area contributed by atoms with Gasteiger partial charge in [0.1, 0.15) is 0 Å². The average molecular weight is 365 g/mol. The fourth-order valence-electron chi connectivity index (χ4n) is 1.13. The second-order valence-corrected chi connectivity index (χ2v) is 4.76. The molecule has 0 N–H and O–H groups in total. The SMILES string of the molecule is CCCCCC(C)C(C)(C)C.[Bi+3]. The van der Waals surface area contributed by atoms with Gasteiger partial charge in [-0.3, -0.25) is 0 Å². The van der Waals surface area contributed by atoms with E-state index in [4.69, 9.17) is 0 Å². The van der Waals surface area contributed by atoms with Gasteiger partial charge in [-0.15, -0.1) is 0 Å².